The lowest BCUT2D eigenvalue weighted by Crippen LogP contribution is -2.46. The zero-order chi connectivity index (χ0) is 103. The first kappa shape index (κ1) is 110. The molecule has 48 heteroatoms. The van der Waals surface area contributed by atoms with Gasteiger partial charge in [-0.2, -0.15) is 0 Å². The molecule has 4 aromatic heterocycles. The van der Waals surface area contributed by atoms with E-state index in [9.17, 15) is 55.9 Å². The molecule has 144 heavy (non-hydrogen) atoms. The van der Waals surface area contributed by atoms with Crippen LogP contribution in [-0.2, 0) is 76.3 Å². The minimum Gasteiger partial charge on any atom is -0.481 e. The fourth-order valence-electron chi connectivity index (χ4n) is 16.7. The lowest BCUT2D eigenvalue weighted by Gasteiger charge is -2.35. The Morgan fingerprint density at radius 1 is 0.354 bits per heavy atom. The van der Waals surface area contributed by atoms with Gasteiger partial charge >= 0.3 is 47.8 Å². The highest BCUT2D eigenvalue weighted by atomic mass is 35.5. The van der Waals surface area contributed by atoms with Crippen LogP contribution < -0.4 is 21.3 Å². The van der Waals surface area contributed by atoms with E-state index in [1.54, 1.807) is 52.5 Å². The quantitative estimate of drug-likeness (QED) is 0.0103. The Morgan fingerprint density at radius 2 is 0.562 bits per heavy atom. The molecule has 4 fully saturated rings. The van der Waals surface area contributed by atoms with Crippen molar-refractivity contribution < 1.29 is 114 Å². The number of hydrogen-bond acceptors (Lipinski definition) is 36. The van der Waals surface area contributed by atoms with Crippen molar-refractivity contribution in [2.24, 2.45) is 20.0 Å². The van der Waals surface area contributed by atoms with Gasteiger partial charge in [0.05, 0.1) is 99.6 Å². The first-order valence-corrected chi connectivity index (χ1v) is 51.1. The van der Waals surface area contributed by atoms with Gasteiger partial charge in [0.25, 0.3) is 0 Å². The van der Waals surface area contributed by atoms with Crippen molar-refractivity contribution in [3.05, 3.63) is 250 Å². The van der Waals surface area contributed by atoms with Crippen LogP contribution in [0.3, 0.4) is 0 Å². The number of amidine groups is 4. The Bertz CT molecular complexity index is 5420. The predicted octanol–water partition coefficient (Wildman–Crippen LogP) is 13.6. The third-order valence-electron chi connectivity index (χ3n) is 23.2. The highest BCUT2D eigenvalue weighted by Gasteiger charge is 2.42. The Labute approximate surface area is 860 Å². The number of aliphatic carboxylic acids is 4. The van der Waals surface area contributed by atoms with Gasteiger partial charge in [0.1, 0.15) is 47.4 Å². The first-order chi connectivity index (χ1) is 69.4. The van der Waals surface area contributed by atoms with Crippen molar-refractivity contribution >= 4 is 163 Å². The maximum atomic E-state index is 13.8. The summed E-state index contributed by atoms with van der Waals surface area (Å²) < 4.78 is 99.8. The van der Waals surface area contributed by atoms with E-state index in [4.69, 9.17) is 125 Å². The zero-order valence-corrected chi connectivity index (χ0v) is 84.6. The number of thiazole rings is 4. The van der Waals surface area contributed by atoms with Gasteiger partial charge in [0, 0.05) is 216 Å². The van der Waals surface area contributed by atoms with Gasteiger partial charge in [-0.3, -0.25) is 58.7 Å². The van der Waals surface area contributed by atoms with Crippen LogP contribution in [0.2, 0.25) is 20.1 Å². The van der Waals surface area contributed by atoms with Crippen LogP contribution in [0.15, 0.2) is 184 Å². The summed E-state index contributed by atoms with van der Waals surface area (Å²) in [5.41, 5.74) is 5.25. The molecule has 4 saturated heterocycles. The molecule has 0 unspecified atom stereocenters. The third-order valence-corrected chi connectivity index (χ3v) is 27.6. The highest BCUT2D eigenvalue weighted by molar-refractivity contribution is 7.12. The van der Waals surface area contributed by atoms with Crippen molar-refractivity contribution in [2.75, 3.05) is 131 Å². The number of benzene rings is 4. The zero-order valence-electron chi connectivity index (χ0n) is 78.3. The topological polar surface area (TPSA) is 453 Å². The number of aliphatic imine (C=N–C) groups is 4. The van der Waals surface area contributed by atoms with E-state index in [0.717, 1.165) is 0 Å². The molecule has 36 nitrogen and oxygen atoms in total. The molecule has 8 atom stereocenters. The maximum absolute atomic E-state index is 13.8. The Hall–Kier alpha value is -11.4. The summed E-state index contributed by atoms with van der Waals surface area (Å²) in [5, 5.41) is 59.5. The van der Waals surface area contributed by atoms with Gasteiger partial charge in [0.2, 0.25) is 0 Å². The minimum absolute atomic E-state index is 0.0134. The number of nitrogens with one attached hydrogen (secondary N) is 4. The number of rotatable bonds is 36. The molecule has 8 N–H and O–H groups in total. The first-order valence-electron chi connectivity index (χ1n) is 46.0. The number of aromatic nitrogens is 4. The number of nitrogens with zero attached hydrogens (tertiary/aromatic N) is 12. The van der Waals surface area contributed by atoms with E-state index in [2.05, 4.69) is 60.8 Å². The summed E-state index contributed by atoms with van der Waals surface area (Å²) in [6, 6.07) is 12.6. The lowest BCUT2D eigenvalue weighted by atomic mass is 9.95. The molecular weight excluding hydrogens is 2040 g/mol. The average Bonchev–Trinajstić information content (AvgIpc) is 1.04. The van der Waals surface area contributed by atoms with E-state index < -0.39 is 95.2 Å². The maximum Gasteiger partial charge on any atom is 0.338 e. The molecule has 16 rings (SSSR count). The number of halogens is 8. The van der Waals surface area contributed by atoms with E-state index >= 15 is 0 Å². The molecule has 0 aliphatic carbocycles. The number of ether oxygens (including phenoxy) is 8. The average molecular weight is 2150 g/mol. The van der Waals surface area contributed by atoms with Crippen molar-refractivity contribution in [2.45, 2.75) is 128 Å². The summed E-state index contributed by atoms with van der Waals surface area (Å²) >= 11 is 31.2. The Morgan fingerprint density at radius 3 is 0.736 bits per heavy atom. The van der Waals surface area contributed by atoms with Crippen LogP contribution in [-0.4, -0.2) is 287 Å². The van der Waals surface area contributed by atoms with Gasteiger partial charge in [-0.1, -0.05) is 70.7 Å². The molecule has 0 bridgehead atoms. The second-order valence-corrected chi connectivity index (χ2v) is 38.3. The number of carbonyl (C=O) groups excluding carboxylic acids is 4. The monoisotopic (exact) mass is 2140 g/mol. The molecule has 8 aliphatic heterocycles. The van der Waals surface area contributed by atoms with Gasteiger partial charge in [0.15, 0.2) is 43.4 Å². The summed E-state index contributed by atoms with van der Waals surface area (Å²) in [6.07, 6.45) is 7.30. The van der Waals surface area contributed by atoms with Crippen LogP contribution in [0.1, 0.15) is 146 Å². The largest absolute Gasteiger partial charge is 0.481 e. The van der Waals surface area contributed by atoms with E-state index in [1.165, 1.54) is 118 Å². The summed E-state index contributed by atoms with van der Waals surface area (Å²) in [6.45, 7) is 15.0. The molecule has 0 radical (unpaired) electrons. The van der Waals surface area contributed by atoms with Crippen LogP contribution in [0.4, 0.5) is 17.6 Å². The number of esters is 4. The molecule has 8 aromatic rings. The SMILES string of the molecule is CCOC(=O)C1=C(CN2CCO[C@@H](CCC(=O)O)C2)NC(c2nccs2)=N[C@@H]1c1ccc(F)cc1Cl.CCOC(=O)C1=C(CN2CCO[C@@H](CCC(=O)O)C2)NC(c2nccs2)=N[C@H]1c1ccc(F)cc1Cl.CCOC(=O)C1=C(CN2CCO[C@H](CCC(=O)O)C2)NC(c2nccs2)=N[C@@H]1c1ccc(F)cc1Cl.CCOC(=O)C1=C(CN2CCO[C@H](CCC(=O)O)C2)NC(c2nccs2)=N[C@H]1c1ccc(F)cc1Cl. The number of carboxylic acids is 4. The Balaban J connectivity index is 0.000000161. The molecule has 0 saturated carbocycles. The van der Waals surface area contributed by atoms with Gasteiger partial charge in [-0.15, -0.1) is 45.3 Å². The van der Waals surface area contributed by atoms with Crippen molar-refractivity contribution in [1.82, 2.24) is 60.8 Å². The normalized spacial score (nSPS) is 20.6. The van der Waals surface area contributed by atoms with Crippen molar-refractivity contribution in [1.29, 1.82) is 0 Å². The number of carbonyl (C=O) groups is 8. The highest BCUT2D eigenvalue weighted by Crippen LogP contribution is 2.43. The van der Waals surface area contributed by atoms with Crippen molar-refractivity contribution in [3.63, 3.8) is 0 Å². The molecule has 12 heterocycles. The smallest absolute Gasteiger partial charge is 0.338 e. The van der Waals surface area contributed by atoms with Gasteiger partial charge < -0.3 is 79.6 Å². The third kappa shape index (κ3) is 30.4. The van der Waals surface area contributed by atoms with Gasteiger partial charge in [-0.05, 0) is 102 Å². The second kappa shape index (κ2) is 53.6. The molecular formula is C96H104Cl4F4N16O20S4. The second-order valence-electron chi connectivity index (χ2n) is 33.1. The number of morpholine rings is 4. The van der Waals surface area contributed by atoms with Crippen LogP contribution in [0.5, 0.6) is 0 Å². The fraction of sp³-hybridized carbons (Fsp3) is 0.417. The lowest BCUT2D eigenvalue weighted by molar-refractivity contribution is -0.140. The van der Waals surface area contributed by atoms with E-state index in [0.29, 0.717) is 219 Å². The number of hydrogen-bond donors (Lipinski definition) is 8. The molecule has 0 spiro atoms. The van der Waals surface area contributed by atoms with Crippen LogP contribution in [0.25, 0.3) is 0 Å². The van der Waals surface area contributed by atoms with Gasteiger partial charge in [-0.25, -0.2) is 56.7 Å². The minimum atomic E-state index is -0.875. The van der Waals surface area contributed by atoms with E-state index in [1.807, 2.05) is 21.5 Å². The van der Waals surface area contributed by atoms with Crippen LogP contribution in [0, 0.1) is 23.3 Å². The summed E-state index contributed by atoms with van der Waals surface area (Å²) in [5.74, 6) is -5.83. The molecule has 8 aliphatic rings. The molecule has 768 valence electrons. The standard InChI is InChI=1S/4C24H26ClFN4O5S/c4*1-2-34-24(33)20-18(13-30-8-9-35-15(12-30)4-6-19(31)32)28-22(23-27-7-10-36-23)29-21(20)16-5-3-14(26)11-17(16)25/h4*3,5,7,10-11,15,21H,2,4,6,8-9,12-13H2,1H3,(H,28,29)(H,31,32)/t2*15-,21+;2*15-,21-/m1010/s1. The Kier molecular flexibility index (Phi) is 40.9. The fourth-order valence-corrected chi connectivity index (χ4v) is 20.1. The summed E-state index contributed by atoms with van der Waals surface area (Å²) in [7, 11) is 0. The van der Waals surface area contributed by atoms with E-state index in [-0.39, 0.29) is 119 Å². The van der Waals surface area contributed by atoms with Crippen LogP contribution >= 0.6 is 91.8 Å². The molecule has 0 amide bonds. The predicted molar refractivity (Wildman–Crippen MR) is 531 cm³/mol. The summed E-state index contributed by atoms with van der Waals surface area (Å²) in [4.78, 5) is 142. The molecule has 4 aromatic carbocycles. The van der Waals surface area contributed by atoms with Crippen molar-refractivity contribution in [3.8, 4) is 0 Å². The number of carboxylic acid groups (broad SMARTS) is 4.